The molecule has 0 radical (unpaired) electrons. The highest BCUT2D eigenvalue weighted by Crippen LogP contribution is 2.40. The summed E-state index contributed by atoms with van der Waals surface area (Å²) in [6.45, 7) is 5.84. The Morgan fingerprint density at radius 1 is 1.30 bits per heavy atom. The summed E-state index contributed by atoms with van der Waals surface area (Å²) in [6.07, 6.45) is -0.257. The van der Waals surface area contributed by atoms with Gasteiger partial charge in [0.15, 0.2) is 10.6 Å². The van der Waals surface area contributed by atoms with Crippen LogP contribution >= 0.6 is 38.6 Å². The minimum Gasteiger partial charge on any atom is -0.494 e. The highest BCUT2D eigenvalue weighted by molar-refractivity contribution is 9.10. The number of methoxy groups -OCH3 is 1. The summed E-state index contributed by atoms with van der Waals surface area (Å²) in [6, 6.07) is 4.02. The molecule has 20 heavy (non-hydrogen) atoms. The van der Waals surface area contributed by atoms with Gasteiger partial charge in [0.25, 0.3) is 0 Å². The largest absolute Gasteiger partial charge is 0.494 e. The Morgan fingerprint density at radius 3 is 2.55 bits per heavy atom. The van der Waals surface area contributed by atoms with Crippen molar-refractivity contribution in [3.63, 3.8) is 0 Å². The molecule has 2 heterocycles. The van der Waals surface area contributed by atoms with E-state index >= 15 is 0 Å². The first-order valence-corrected chi connectivity index (χ1v) is 8.46. The molecule has 6 heteroatoms. The average Bonchev–Trinajstić information content (AvgIpc) is 2.95. The minimum atomic E-state index is -0.348. The SMILES string of the molecule is COc1c(C(=O)OC(C)c2ccc(C)s2)sc(C)c1Br. The molecule has 0 bridgehead atoms. The molecule has 0 aliphatic rings. The summed E-state index contributed by atoms with van der Waals surface area (Å²) in [7, 11) is 1.55. The van der Waals surface area contributed by atoms with E-state index in [0.717, 1.165) is 14.2 Å². The fourth-order valence-corrected chi connectivity index (χ4v) is 4.25. The van der Waals surface area contributed by atoms with E-state index in [4.69, 9.17) is 9.47 Å². The van der Waals surface area contributed by atoms with Crippen LogP contribution in [0.1, 0.15) is 37.3 Å². The van der Waals surface area contributed by atoms with E-state index in [0.29, 0.717) is 10.6 Å². The highest BCUT2D eigenvalue weighted by atomic mass is 79.9. The van der Waals surface area contributed by atoms with Gasteiger partial charge in [-0.25, -0.2) is 4.79 Å². The van der Waals surface area contributed by atoms with Crippen molar-refractivity contribution in [2.24, 2.45) is 0 Å². The zero-order valence-corrected chi connectivity index (χ0v) is 14.9. The van der Waals surface area contributed by atoms with Crippen molar-refractivity contribution in [2.75, 3.05) is 7.11 Å². The van der Waals surface area contributed by atoms with Gasteiger partial charge in [0.05, 0.1) is 11.6 Å². The lowest BCUT2D eigenvalue weighted by molar-refractivity contribution is 0.0347. The first-order valence-electron chi connectivity index (χ1n) is 6.04. The second-order valence-electron chi connectivity index (χ2n) is 4.33. The van der Waals surface area contributed by atoms with Gasteiger partial charge in [-0.1, -0.05) is 0 Å². The fraction of sp³-hybridized carbons (Fsp3) is 0.357. The van der Waals surface area contributed by atoms with E-state index < -0.39 is 0 Å². The number of hydrogen-bond acceptors (Lipinski definition) is 5. The van der Waals surface area contributed by atoms with Gasteiger partial charge in [0.1, 0.15) is 6.10 Å². The highest BCUT2D eigenvalue weighted by Gasteiger charge is 2.24. The molecule has 0 aliphatic carbocycles. The molecule has 0 amide bonds. The average molecular weight is 375 g/mol. The molecule has 108 valence electrons. The van der Waals surface area contributed by atoms with E-state index in [1.807, 2.05) is 32.9 Å². The van der Waals surface area contributed by atoms with Crippen LogP contribution in [0.25, 0.3) is 0 Å². The first-order chi connectivity index (χ1) is 9.43. The van der Waals surface area contributed by atoms with E-state index in [2.05, 4.69) is 15.9 Å². The number of halogens is 1. The summed E-state index contributed by atoms with van der Waals surface area (Å²) in [5.41, 5.74) is 0. The molecule has 2 aromatic heterocycles. The first kappa shape index (κ1) is 15.5. The van der Waals surface area contributed by atoms with Gasteiger partial charge in [0, 0.05) is 14.6 Å². The summed E-state index contributed by atoms with van der Waals surface area (Å²) in [4.78, 5) is 16.0. The smallest absolute Gasteiger partial charge is 0.352 e. The molecule has 0 N–H and O–H groups in total. The zero-order chi connectivity index (χ0) is 14.9. The van der Waals surface area contributed by atoms with Gasteiger partial charge in [0.2, 0.25) is 0 Å². The number of rotatable bonds is 4. The van der Waals surface area contributed by atoms with Crippen molar-refractivity contribution in [1.82, 2.24) is 0 Å². The third-order valence-electron chi connectivity index (χ3n) is 2.80. The molecule has 0 spiro atoms. The number of hydrogen-bond donors (Lipinski definition) is 0. The molecule has 1 unspecified atom stereocenters. The Labute approximate surface area is 134 Å². The third kappa shape index (κ3) is 3.07. The van der Waals surface area contributed by atoms with Crippen molar-refractivity contribution < 1.29 is 14.3 Å². The molecule has 0 fully saturated rings. The molecule has 0 aromatic carbocycles. The summed E-state index contributed by atoms with van der Waals surface area (Å²) >= 11 is 6.43. The molecule has 0 saturated carbocycles. The predicted octanol–water partition coefficient (Wildman–Crippen LogP) is 5.12. The molecular weight excluding hydrogens is 360 g/mol. The van der Waals surface area contributed by atoms with Crippen LogP contribution < -0.4 is 4.74 Å². The monoisotopic (exact) mass is 374 g/mol. The van der Waals surface area contributed by atoms with Crippen LogP contribution in [0, 0.1) is 13.8 Å². The van der Waals surface area contributed by atoms with Crippen LogP contribution in [0.15, 0.2) is 16.6 Å². The molecular formula is C14H15BrO3S2. The number of carbonyl (C=O) groups is 1. The van der Waals surface area contributed by atoms with Crippen LogP contribution in [0.5, 0.6) is 5.75 Å². The predicted molar refractivity (Wildman–Crippen MR) is 86.2 cm³/mol. The van der Waals surface area contributed by atoms with Crippen LogP contribution in [-0.2, 0) is 4.74 Å². The van der Waals surface area contributed by atoms with E-state index in [1.165, 1.54) is 16.2 Å². The number of thiophene rings is 2. The van der Waals surface area contributed by atoms with E-state index in [9.17, 15) is 4.79 Å². The summed E-state index contributed by atoms with van der Waals surface area (Å²) in [5.74, 6) is 0.200. The van der Waals surface area contributed by atoms with Crippen LogP contribution in [0.3, 0.4) is 0 Å². The third-order valence-corrected chi connectivity index (χ3v) is 6.25. The van der Waals surface area contributed by atoms with Crippen LogP contribution in [0.2, 0.25) is 0 Å². The fourth-order valence-electron chi connectivity index (χ4n) is 1.76. The Balaban J connectivity index is 2.18. The molecule has 2 rings (SSSR count). The standard InChI is InChI=1S/C14H15BrO3S2/c1-7-5-6-10(19-7)8(2)18-14(16)13-12(17-4)11(15)9(3)20-13/h5-6,8H,1-4H3. The van der Waals surface area contributed by atoms with Gasteiger partial charge >= 0.3 is 5.97 Å². The maximum atomic E-state index is 12.3. The lowest BCUT2D eigenvalue weighted by Gasteiger charge is -2.11. The second-order valence-corrected chi connectivity index (χ2v) is 7.67. The Hall–Kier alpha value is -0.850. The number of aryl methyl sites for hydroxylation is 2. The maximum Gasteiger partial charge on any atom is 0.352 e. The van der Waals surface area contributed by atoms with E-state index in [-0.39, 0.29) is 12.1 Å². The Kier molecular flexibility index (Phi) is 4.88. The van der Waals surface area contributed by atoms with Crippen molar-refractivity contribution in [2.45, 2.75) is 26.9 Å². The van der Waals surface area contributed by atoms with Crippen LogP contribution in [0.4, 0.5) is 0 Å². The Bertz CT molecular complexity index is 630. The quantitative estimate of drug-likeness (QED) is 0.696. The second kappa shape index (κ2) is 6.28. The van der Waals surface area contributed by atoms with Crippen LogP contribution in [-0.4, -0.2) is 13.1 Å². The molecule has 0 aliphatic heterocycles. The molecule has 0 saturated heterocycles. The number of carbonyl (C=O) groups excluding carboxylic acids is 1. The normalized spacial score (nSPS) is 12.2. The number of esters is 1. The van der Waals surface area contributed by atoms with Crippen molar-refractivity contribution in [3.05, 3.63) is 36.1 Å². The van der Waals surface area contributed by atoms with Gasteiger partial charge in [-0.3, -0.25) is 0 Å². The van der Waals surface area contributed by atoms with Gasteiger partial charge in [-0.2, -0.15) is 0 Å². The molecule has 2 aromatic rings. The molecule has 1 atom stereocenters. The topological polar surface area (TPSA) is 35.5 Å². The van der Waals surface area contributed by atoms with Gasteiger partial charge in [-0.05, 0) is 48.8 Å². The lowest BCUT2D eigenvalue weighted by Crippen LogP contribution is -2.08. The van der Waals surface area contributed by atoms with Gasteiger partial charge in [-0.15, -0.1) is 22.7 Å². The number of ether oxygens (including phenoxy) is 2. The van der Waals surface area contributed by atoms with Gasteiger partial charge < -0.3 is 9.47 Å². The van der Waals surface area contributed by atoms with Crippen molar-refractivity contribution >= 4 is 44.6 Å². The minimum absolute atomic E-state index is 0.257. The van der Waals surface area contributed by atoms with Crippen molar-refractivity contribution in [3.8, 4) is 5.75 Å². The molecule has 3 nitrogen and oxygen atoms in total. The summed E-state index contributed by atoms with van der Waals surface area (Å²) < 4.78 is 11.6. The maximum absolute atomic E-state index is 12.3. The van der Waals surface area contributed by atoms with E-state index in [1.54, 1.807) is 18.4 Å². The lowest BCUT2D eigenvalue weighted by atomic mass is 10.3. The summed E-state index contributed by atoms with van der Waals surface area (Å²) in [5, 5.41) is 0. The Morgan fingerprint density at radius 2 is 2.00 bits per heavy atom. The zero-order valence-electron chi connectivity index (χ0n) is 11.7. The van der Waals surface area contributed by atoms with Crippen molar-refractivity contribution in [1.29, 1.82) is 0 Å².